The highest BCUT2D eigenvalue weighted by molar-refractivity contribution is 9.10. The standard InChI is InChI=1S/C17H17BrN4O3S2.ClH/c1-20(2)8-3-9-21(16(23)13-6-7-15(26-13)22(24)25)17-19-12-5-4-11(18)10-14(12)27-17;/h4-7,10H,3,8-9H2,1-2H3;1H. The molecule has 3 aromatic rings. The predicted molar refractivity (Wildman–Crippen MR) is 120 cm³/mol. The van der Waals surface area contributed by atoms with E-state index >= 15 is 0 Å². The Morgan fingerprint density at radius 3 is 2.61 bits per heavy atom. The van der Waals surface area contributed by atoms with Gasteiger partial charge in [-0.3, -0.25) is 19.8 Å². The van der Waals surface area contributed by atoms with Gasteiger partial charge in [-0.15, -0.1) is 12.4 Å². The van der Waals surface area contributed by atoms with Gasteiger partial charge in [-0.25, -0.2) is 4.98 Å². The van der Waals surface area contributed by atoms with Gasteiger partial charge in [0.1, 0.15) is 0 Å². The summed E-state index contributed by atoms with van der Waals surface area (Å²) < 4.78 is 1.92. The summed E-state index contributed by atoms with van der Waals surface area (Å²) in [5.74, 6) is -0.259. The van der Waals surface area contributed by atoms with Gasteiger partial charge in [-0.1, -0.05) is 38.6 Å². The lowest BCUT2D eigenvalue weighted by atomic mass is 10.3. The van der Waals surface area contributed by atoms with E-state index < -0.39 is 4.92 Å². The highest BCUT2D eigenvalue weighted by Crippen LogP contribution is 2.33. The molecule has 2 aromatic heterocycles. The number of hydrogen-bond donors (Lipinski definition) is 0. The fourth-order valence-electron chi connectivity index (χ4n) is 2.50. The lowest BCUT2D eigenvalue weighted by Crippen LogP contribution is -2.32. The van der Waals surface area contributed by atoms with E-state index in [9.17, 15) is 14.9 Å². The van der Waals surface area contributed by atoms with Gasteiger partial charge in [-0.05, 0) is 51.3 Å². The SMILES string of the molecule is CN(C)CCCN(C(=O)c1ccc([N+](=O)[O-])s1)c1nc2ccc(Br)cc2s1.Cl. The number of thiazole rings is 1. The minimum absolute atomic E-state index is 0. The zero-order valence-corrected chi connectivity index (χ0v) is 19.2. The molecule has 28 heavy (non-hydrogen) atoms. The van der Waals surface area contributed by atoms with Crippen molar-refractivity contribution in [1.82, 2.24) is 9.88 Å². The Hall–Kier alpha value is -1.59. The lowest BCUT2D eigenvalue weighted by Gasteiger charge is -2.20. The van der Waals surface area contributed by atoms with Gasteiger partial charge < -0.3 is 4.90 Å². The minimum Gasteiger partial charge on any atom is -0.309 e. The summed E-state index contributed by atoms with van der Waals surface area (Å²) in [5.41, 5.74) is 0.820. The fraction of sp³-hybridized carbons (Fsp3) is 0.294. The van der Waals surface area contributed by atoms with Crippen LogP contribution in [0.15, 0.2) is 34.8 Å². The summed E-state index contributed by atoms with van der Waals surface area (Å²) >= 11 is 5.77. The van der Waals surface area contributed by atoms with Crippen molar-refractivity contribution in [2.45, 2.75) is 6.42 Å². The van der Waals surface area contributed by atoms with Crippen LogP contribution in [0.2, 0.25) is 0 Å². The van der Waals surface area contributed by atoms with Crippen LogP contribution in [0.5, 0.6) is 0 Å². The molecule has 1 amide bonds. The van der Waals surface area contributed by atoms with Gasteiger partial charge in [0.25, 0.3) is 5.91 Å². The van der Waals surface area contributed by atoms with Crippen LogP contribution in [0.3, 0.4) is 0 Å². The van der Waals surface area contributed by atoms with Crippen LogP contribution in [0.25, 0.3) is 10.2 Å². The number of halogens is 2. The van der Waals surface area contributed by atoms with E-state index in [1.54, 1.807) is 4.90 Å². The molecule has 0 unspecified atom stereocenters. The molecule has 11 heteroatoms. The minimum atomic E-state index is -0.479. The second kappa shape index (κ2) is 9.75. The Morgan fingerprint density at radius 2 is 1.96 bits per heavy atom. The maximum absolute atomic E-state index is 13.1. The summed E-state index contributed by atoms with van der Waals surface area (Å²) in [7, 11) is 3.95. The fourth-order valence-corrected chi connectivity index (χ4v) is 4.82. The summed E-state index contributed by atoms with van der Waals surface area (Å²) in [6, 6.07) is 8.65. The number of carbonyl (C=O) groups excluding carboxylic acids is 1. The monoisotopic (exact) mass is 504 g/mol. The van der Waals surface area contributed by atoms with Crippen molar-refractivity contribution < 1.29 is 9.72 Å². The number of aromatic nitrogens is 1. The van der Waals surface area contributed by atoms with Gasteiger partial charge in [0, 0.05) is 17.1 Å². The van der Waals surface area contributed by atoms with E-state index in [0.29, 0.717) is 16.6 Å². The Labute approximate surface area is 184 Å². The summed E-state index contributed by atoms with van der Waals surface area (Å²) in [6.45, 7) is 1.31. The lowest BCUT2D eigenvalue weighted by molar-refractivity contribution is -0.380. The summed E-state index contributed by atoms with van der Waals surface area (Å²) in [4.78, 5) is 32.1. The van der Waals surface area contributed by atoms with E-state index in [1.807, 2.05) is 37.2 Å². The Kier molecular flexibility index (Phi) is 7.90. The summed E-state index contributed by atoms with van der Waals surface area (Å²) in [6.07, 6.45) is 0.770. The van der Waals surface area contributed by atoms with Crippen LogP contribution < -0.4 is 4.90 Å². The van der Waals surface area contributed by atoms with E-state index in [0.717, 1.165) is 39.0 Å². The quantitative estimate of drug-likeness (QED) is 0.332. The number of carbonyl (C=O) groups is 1. The second-order valence-corrected chi connectivity index (χ2v) is 9.10. The number of amides is 1. The maximum Gasteiger partial charge on any atom is 0.324 e. The number of benzene rings is 1. The van der Waals surface area contributed by atoms with Gasteiger partial charge in [0.05, 0.1) is 20.0 Å². The molecule has 7 nitrogen and oxygen atoms in total. The summed E-state index contributed by atoms with van der Waals surface area (Å²) in [5, 5.41) is 11.5. The molecule has 0 aliphatic heterocycles. The molecule has 0 aliphatic carbocycles. The largest absolute Gasteiger partial charge is 0.324 e. The number of anilines is 1. The van der Waals surface area contributed by atoms with E-state index in [4.69, 9.17) is 0 Å². The van der Waals surface area contributed by atoms with E-state index in [-0.39, 0.29) is 23.3 Å². The molecule has 2 heterocycles. The molecular weight excluding hydrogens is 488 g/mol. The number of nitro groups is 1. The van der Waals surface area contributed by atoms with Crippen molar-refractivity contribution in [2.24, 2.45) is 0 Å². The third-order valence-corrected chi connectivity index (χ3v) is 6.34. The molecule has 0 aliphatic rings. The van der Waals surface area contributed by atoms with Gasteiger partial charge >= 0.3 is 5.00 Å². The Morgan fingerprint density at radius 1 is 1.21 bits per heavy atom. The van der Waals surface area contributed by atoms with Crippen LogP contribution in [0, 0.1) is 10.1 Å². The average molecular weight is 506 g/mol. The predicted octanol–water partition coefficient (Wildman–Crippen LogP) is 5.05. The molecule has 0 N–H and O–H groups in total. The number of rotatable bonds is 7. The molecular formula is C17H18BrClN4O3S2. The third-order valence-electron chi connectivity index (χ3n) is 3.78. The second-order valence-electron chi connectivity index (χ2n) is 6.12. The van der Waals surface area contributed by atoms with Crippen molar-refractivity contribution >= 4 is 77.3 Å². The zero-order valence-electron chi connectivity index (χ0n) is 15.1. The molecule has 150 valence electrons. The van der Waals surface area contributed by atoms with Crippen LogP contribution in [0.1, 0.15) is 16.1 Å². The number of thiophene rings is 1. The highest BCUT2D eigenvalue weighted by atomic mass is 79.9. The number of hydrogen-bond acceptors (Lipinski definition) is 7. The van der Waals surface area contributed by atoms with Crippen LogP contribution in [-0.2, 0) is 0 Å². The number of fused-ring (bicyclic) bond motifs is 1. The molecule has 0 radical (unpaired) electrons. The van der Waals surface area contributed by atoms with Crippen molar-refractivity contribution in [2.75, 3.05) is 32.1 Å². The highest BCUT2D eigenvalue weighted by Gasteiger charge is 2.24. The molecule has 1 aromatic carbocycles. The van der Waals surface area contributed by atoms with Gasteiger partial charge in [0.2, 0.25) is 0 Å². The van der Waals surface area contributed by atoms with E-state index in [1.165, 1.54) is 23.5 Å². The topological polar surface area (TPSA) is 79.6 Å². The van der Waals surface area contributed by atoms with Crippen molar-refractivity contribution in [3.8, 4) is 0 Å². The van der Waals surface area contributed by atoms with Crippen molar-refractivity contribution in [3.05, 3.63) is 49.8 Å². The molecule has 0 saturated carbocycles. The smallest absolute Gasteiger partial charge is 0.309 e. The molecule has 0 atom stereocenters. The van der Waals surface area contributed by atoms with Crippen LogP contribution in [0.4, 0.5) is 10.1 Å². The van der Waals surface area contributed by atoms with Crippen LogP contribution >= 0.6 is 51.0 Å². The molecule has 0 fully saturated rings. The first-order chi connectivity index (χ1) is 12.8. The first-order valence-electron chi connectivity index (χ1n) is 8.12. The van der Waals surface area contributed by atoms with Crippen molar-refractivity contribution in [1.29, 1.82) is 0 Å². The first kappa shape index (κ1) is 22.7. The third kappa shape index (κ3) is 5.26. The van der Waals surface area contributed by atoms with Crippen LogP contribution in [-0.4, -0.2) is 47.9 Å². The maximum atomic E-state index is 13.1. The molecule has 0 bridgehead atoms. The molecule has 0 saturated heterocycles. The van der Waals surface area contributed by atoms with E-state index in [2.05, 4.69) is 20.9 Å². The molecule has 0 spiro atoms. The normalized spacial score (nSPS) is 10.9. The number of nitrogens with zero attached hydrogens (tertiary/aromatic N) is 4. The first-order valence-corrected chi connectivity index (χ1v) is 10.5. The van der Waals surface area contributed by atoms with Gasteiger partial charge in [-0.2, -0.15) is 0 Å². The Bertz CT molecular complexity index is 992. The van der Waals surface area contributed by atoms with Crippen molar-refractivity contribution in [3.63, 3.8) is 0 Å². The molecule has 3 rings (SSSR count). The Balaban J connectivity index is 0.00000280. The van der Waals surface area contributed by atoms with Gasteiger partial charge in [0.15, 0.2) is 5.13 Å². The average Bonchev–Trinajstić information content (AvgIpc) is 3.24. The zero-order chi connectivity index (χ0) is 19.6.